The molecule has 0 fully saturated rings. The zero-order valence-corrected chi connectivity index (χ0v) is 8.78. The molecule has 17 heavy (non-hydrogen) atoms. The first kappa shape index (κ1) is 13.3. The molecule has 0 bridgehead atoms. The van der Waals surface area contributed by atoms with Crippen molar-refractivity contribution in [1.29, 1.82) is 0 Å². The van der Waals surface area contributed by atoms with Crippen LogP contribution in [0.25, 0.3) is 0 Å². The summed E-state index contributed by atoms with van der Waals surface area (Å²) in [5.41, 5.74) is 0.991. The third-order valence-electron chi connectivity index (χ3n) is 2.33. The van der Waals surface area contributed by atoms with Crippen LogP contribution in [0.4, 0.5) is 13.2 Å². The Hall–Kier alpha value is -1.76. The van der Waals surface area contributed by atoms with E-state index in [2.05, 4.69) is 0 Å². The van der Waals surface area contributed by atoms with Crippen molar-refractivity contribution in [2.45, 2.75) is 11.7 Å². The van der Waals surface area contributed by atoms with Gasteiger partial charge in [-0.25, -0.2) is 4.79 Å². The van der Waals surface area contributed by atoms with E-state index in [1.807, 2.05) is 0 Å². The summed E-state index contributed by atoms with van der Waals surface area (Å²) in [7, 11) is 1.34. The maximum absolute atomic E-state index is 12.7. The summed E-state index contributed by atoms with van der Waals surface area (Å²) in [4.78, 5) is 10.7. The van der Waals surface area contributed by atoms with Gasteiger partial charge in [-0.1, -0.05) is 12.1 Å². The lowest BCUT2D eigenvalue weighted by molar-refractivity contribution is -0.204. The van der Waals surface area contributed by atoms with Crippen molar-refractivity contribution in [2.75, 3.05) is 7.11 Å². The molecule has 0 amide bonds. The molecule has 0 radical (unpaired) electrons. The van der Waals surface area contributed by atoms with Gasteiger partial charge in [0.05, 0.1) is 7.11 Å². The van der Waals surface area contributed by atoms with Crippen molar-refractivity contribution in [2.24, 2.45) is 5.73 Å². The summed E-state index contributed by atoms with van der Waals surface area (Å²) >= 11 is 0. The molecule has 0 spiro atoms. The fourth-order valence-corrected chi connectivity index (χ4v) is 1.26. The quantitative estimate of drug-likeness (QED) is 0.851. The Morgan fingerprint density at radius 1 is 1.29 bits per heavy atom. The van der Waals surface area contributed by atoms with E-state index in [-0.39, 0.29) is 0 Å². The Balaban J connectivity index is 3.29. The van der Waals surface area contributed by atoms with Crippen molar-refractivity contribution >= 4 is 5.97 Å². The maximum Gasteiger partial charge on any atom is 0.421 e. The van der Waals surface area contributed by atoms with Crippen LogP contribution in [0.1, 0.15) is 5.56 Å². The van der Waals surface area contributed by atoms with Crippen LogP contribution in [0.2, 0.25) is 0 Å². The van der Waals surface area contributed by atoms with Crippen molar-refractivity contribution in [3.8, 4) is 5.75 Å². The molecular weight excluding hydrogens is 239 g/mol. The average Bonchev–Trinajstić information content (AvgIpc) is 2.26. The minimum Gasteiger partial charge on any atom is -0.497 e. The van der Waals surface area contributed by atoms with Gasteiger partial charge in [0.1, 0.15) is 5.75 Å². The third-order valence-corrected chi connectivity index (χ3v) is 2.33. The van der Waals surface area contributed by atoms with E-state index in [1.165, 1.54) is 19.2 Å². The summed E-state index contributed by atoms with van der Waals surface area (Å²) in [6, 6.07) is 4.37. The van der Waals surface area contributed by atoms with Crippen molar-refractivity contribution in [3.63, 3.8) is 0 Å². The molecule has 0 aliphatic heterocycles. The highest BCUT2D eigenvalue weighted by Crippen LogP contribution is 2.37. The van der Waals surface area contributed by atoms with Crippen LogP contribution in [0.3, 0.4) is 0 Å². The van der Waals surface area contributed by atoms with Crippen LogP contribution >= 0.6 is 0 Å². The van der Waals surface area contributed by atoms with E-state index < -0.39 is 23.2 Å². The van der Waals surface area contributed by atoms with Gasteiger partial charge in [0.25, 0.3) is 0 Å². The number of nitrogens with two attached hydrogens (primary N) is 1. The van der Waals surface area contributed by atoms with Gasteiger partial charge in [0, 0.05) is 0 Å². The fourth-order valence-electron chi connectivity index (χ4n) is 1.26. The molecule has 1 aromatic carbocycles. The predicted octanol–water partition coefficient (Wildman–Crippen LogP) is 1.50. The number of benzene rings is 1. The summed E-state index contributed by atoms with van der Waals surface area (Å²) < 4.78 is 42.8. The molecule has 1 rings (SSSR count). The van der Waals surface area contributed by atoms with Crippen LogP contribution in [-0.4, -0.2) is 24.4 Å². The molecule has 4 nitrogen and oxygen atoms in total. The standard InChI is InChI=1S/C10H10F3NO3/c1-17-7-4-2-6(3-5-7)9(14,8(15)16)10(11,12)13/h2-5H,14H2,1H3,(H,15,16)/t9-/m0/s1. The van der Waals surface area contributed by atoms with E-state index >= 15 is 0 Å². The monoisotopic (exact) mass is 249 g/mol. The Kier molecular flexibility index (Phi) is 3.33. The number of alkyl halides is 3. The topological polar surface area (TPSA) is 72.5 Å². The molecule has 0 aliphatic rings. The SMILES string of the molecule is COc1ccc([C@](N)(C(=O)O)C(F)(F)F)cc1. The Morgan fingerprint density at radius 3 is 2.06 bits per heavy atom. The molecule has 0 aromatic heterocycles. The normalized spacial score (nSPS) is 15.1. The summed E-state index contributed by atoms with van der Waals surface area (Å²) in [6.07, 6.45) is -5.09. The second kappa shape index (κ2) is 4.25. The van der Waals surface area contributed by atoms with Crippen LogP contribution in [-0.2, 0) is 10.3 Å². The van der Waals surface area contributed by atoms with Gasteiger partial charge in [-0.3, -0.25) is 0 Å². The molecular formula is C10H10F3NO3. The highest BCUT2D eigenvalue weighted by Gasteiger charge is 2.59. The van der Waals surface area contributed by atoms with Crippen LogP contribution in [0.5, 0.6) is 5.75 Å². The summed E-state index contributed by atoms with van der Waals surface area (Å²) in [5, 5.41) is 8.67. The number of aliphatic carboxylic acids is 1. The minimum absolute atomic E-state index is 0.309. The molecule has 1 atom stereocenters. The van der Waals surface area contributed by atoms with Gasteiger partial charge in [-0.15, -0.1) is 0 Å². The highest BCUT2D eigenvalue weighted by molar-refractivity contribution is 5.81. The maximum atomic E-state index is 12.7. The van der Waals surface area contributed by atoms with Crippen LogP contribution in [0, 0.1) is 0 Å². The molecule has 0 unspecified atom stereocenters. The van der Waals surface area contributed by atoms with E-state index in [0.29, 0.717) is 5.75 Å². The lowest BCUT2D eigenvalue weighted by Crippen LogP contribution is -2.56. The first-order valence-electron chi connectivity index (χ1n) is 4.47. The number of ether oxygens (including phenoxy) is 1. The lowest BCUT2D eigenvalue weighted by Gasteiger charge is -2.27. The molecule has 0 saturated heterocycles. The molecule has 7 heteroatoms. The first-order chi connectivity index (χ1) is 7.73. The molecule has 94 valence electrons. The number of carboxylic acids is 1. The number of methoxy groups -OCH3 is 1. The highest BCUT2D eigenvalue weighted by atomic mass is 19.4. The van der Waals surface area contributed by atoms with E-state index in [9.17, 15) is 18.0 Å². The lowest BCUT2D eigenvalue weighted by atomic mass is 9.90. The van der Waals surface area contributed by atoms with Gasteiger partial charge in [0.2, 0.25) is 5.54 Å². The summed E-state index contributed by atoms with van der Waals surface area (Å²) in [6.45, 7) is 0. The van der Waals surface area contributed by atoms with Crippen molar-refractivity contribution in [1.82, 2.24) is 0 Å². The Morgan fingerprint density at radius 2 is 1.76 bits per heavy atom. The second-order valence-corrected chi connectivity index (χ2v) is 3.34. The number of carboxylic acid groups (broad SMARTS) is 1. The van der Waals surface area contributed by atoms with E-state index in [1.54, 1.807) is 0 Å². The number of rotatable bonds is 3. The first-order valence-corrected chi connectivity index (χ1v) is 4.47. The number of hydrogen-bond acceptors (Lipinski definition) is 3. The molecule has 0 aliphatic carbocycles. The van der Waals surface area contributed by atoms with Crippen LogP contribution in [0.15, 0.2) is 24.3 Å². The molecule has 3 N–H and O–H groups in total. The summed E-state index contributed by atoms with van der Waals surface area (Å²) in [5.74, 6) is -1.85. The Labute approximate surface area is 94.8 Å². The largest absolute Gasteiger partial charge is 0.497 e. The number of halogens is 3. The number of hydrogen-bond donors (Lipinski definition) is 2. The van der Waals surface area contributed by atoms with Gasteiger partial charge >= 0.3 is 12.1 Å². The Bertz CT molecular complexity index is 416. The molecule has 1 aromatic rings. The molecule has 0 saturated carbocycles. The number of carbonyl (C=O) groups is 1. The fraction of sp³-hybridized carbons (Fsp3) is 0.300. The minimum atomic E-state index is -5.09. The van der Waals surface area contributed by atoms with Crippen molar-refractivity contribution in [3.05, 3.63) is 29.8 Å². The van der Waals surface area contributed by atoms with Gasteiger partial charge in [0.15, 0.2) is 0 Å². The smallest absolute Gasteiger partial charge is 0.421 e. The van der Waals surface area contributed by atoms with Crippen molar-refractivity contribution < 1.29 is 27.8 Å². The van der Waals surface area contributed by atoms with E-state index in [0.717, 1.165) is 12.1 Å². The zero-order valence-electron chi connectivity index (χ0n) is 8.78. The van der Waals surface area contributed by atoms with Crippen LogP contribution < -0.4 is 10.5 Å². The second-order valence-electron chi connectivity index (χ2n) is 3.34. The van der Waals surface area contributed by atoms with Gasteiger partial charge < -0.3 is 15.6 Å². The zero-order chi connectivity index (χ0) is 13.3. The third kappa shape index (κ3) is 2.19. The average molecular weight is 249 g/mol. The van der Waals surface area contributed by atoms with Gasteiger partial charge in [-0.2, -0.15) is 13.2 Å². The van der Waals surface area contributed by atoms with E-state index in [4.69, 9.17) is 15.6 Å². The van der Waals surface area contributed by atoms with Gasteiger partial charge in [-0.05, 0) is 17.7 Å². The predicted molar refractivity (Wildman–Crippen MR) is 52.6 cm³/mol. The molecule has 0 heterocycles.